The van der Waals surface area contributed by atoms with Crippen molar-refractivity contribution in [3.05, 3.63) is 36.0 Å². The van der Waals surface area contributed by atoms with E-state index < -0.39 is 6.09 Å². The fourth-order valence-electron chi connectivity index (χ4n) is 2.82. The molecule has 0 aliphatic carbocycles. The second kappa shape index (κ2) is 6.70. The topological polar surface area (TPSA) is 83.8 Å². The van der Waals surface area contributed by atoms with E-state index in [1.54, 1.807) is 9.47 Å². The van der Waals surface area contributed by atoms with Crippen LogP contribution in [0.1, 0.15) is 5.56 Å². The summed E-state index contributed by atoms with van der Waals surface area (Å²) in [4.78, 5) is 25.1. The Bertz CT molecular complexity index is 719. The van der Waals surface area contributed by atoms with Gasteiger partial charge in [0.1, 0.15) is 0 Å². The van der Waals surface area contributed by atoms with E-state index in [9.17, 15) is 9.59 Å². The molecule has 2 aromatic rings. The van der Waals surface area contributed by atoms with Crippen LogP contribution in [0.3, 0.4) is 0 Å². The van der Waals surface area contributed by atoms with Gasteiger partial charge in [0, 0.05) is 31.2 Å². The first-order valence-corrected chi connectivity index (χ1v) is 7.59. The predicted molar refractivity (Wildman–Crippen MR) is 84.9 cm³/mol. The third-order valence-corrected chi connectivity index (χ3v) is 3.95. The van der Waals surface area contributed by atoms with Crippen molar-refractivity contribution in [1.29, 1.82) is 0 Å². The molecule has 0 unspecified atom stereocenters. The second-order valence-electron chi connectivity index (χ2n) is 5.41. The zero-order valence-electron chi connectivity index (χ0n) is 12.7. The van der Waals surface area contributed by atoms with Crippen LogP contribution in [0.2, 0.25) is 0 Å². The summed E-state index contributed by atoms with van der Waals surface area (Å²) in [5.74, 6) is 0. The zero-order valence-corrected chi connectivity index (χ0v) is 12.7. The van der Waals surface area contributed by atoms with Gasteiger partial charge in [-0.2, -0.15) is 0 Å². The van der Waals surface area contributed by atoms with E-state index in [0.717, 1.165) is 16.5 Å². The lowest BCUT2D eigenvalue weighted by atomic mass is 10.1. The quantitative estimate of drug-likeness (QED) is 0.903. The number of amides is 2. The number of nitrogens with one attached hydrogen (secondary N) is 1. The highest BCUT2D eigenvalue weighted by Crippen LogP contribution is 2.22. The van der Waals surface area contributed by atoms with Crippen LogP contribution in [0.4, 0.5) is 9.59 Å². The maximum Gasteiger partial charge on any atom is 0.404 e. The Morgan fingerprint density at radius 2 is 1.96 bits per heavy atom. The van der Waals surface area contributed by atoms with Crippen molar-refractivity contribution < 1.29 is 19.4 Å². The number of hydrogen-bond donors (Lipinski definition) is 2. The van der Waals surface area contributed by atoms with E-state index in [-0.39, 0.29) is 6.03 Å². The number of nitrogens with zero attached hydrogens (tertiary/aromatic N) is 2. The summed E-state index contributed by atoms with van der Waals surface area (Å²) in [7, 11) is 0. The lowest BCUT2D eigenvalue weighted by Crippen LogP contribution is -2.42. The Morgan fingerprint density at radius 1 is 1.22 bits per heavy atom. The van der Waals surface area contributed by atoms with Gasteiger partial charge >= 0.3 is 12.1 Å². The lowest BCUT2D eigenvalue weighted by molar-refractivity contribution is 0.0537. The van der Waals surface area contributed by atoms with Gasteiger partial charge in [0.2, 0.25) is 0 Å². The van der Waals surface area contributed by atoms with Crippen molar-refractivity contribution in [3.63, 3.8) is 0 Å². The number of benzene rings is 1. The highest BCUT2D eigenvalue weighted by Gasteiger charge is 2.21. The predicted octanol–water partition coefficient (Wildman–Crippen LogP) is 1.75. The number of carbonyl (C=O) groups is 2. The van der Waals surface area contributed by atoms with Crippen LogP contribution in [0.15, 0.2) is 30.5 Å². The van der Waals surface area contributed by atoms with Crippen molar-refractivity contribution in [2.75, 3.05) is 32.8 Å². The SMILES string of the molecule is O=C(O)NCCc1cn(C(=O)N2CCOCC2)c2ccccc12. The number of ether oxygens (including phenoxy) is 1. The maximum atomic E-state index is 12.7. The Hall–Kier alpha value is -2.54. The second-order valence-corrected chi connectivity index (χ2v) is 5.41. The van der Waals surface area contributed by atoms with Crippen molar-refractivity contribution in [1.82, 2.24) is 14.8 Å². The summed E-state index contributed by atoms with van der Waals surface area (Å²) in [6.45, 7) is 2.60. The first-order chi connectivity index (χ1) is 11.2. The molecular formula is C16H19N3O4. The van der Waals surface area contributed by atoms with E-state index >= 15 is 0 Å². The molecule has 0 spiro atoms. The standard InChI is InChI=1S/C16H19N3O4/c20-15(21)17-6-5-12-11-19(14-4-2-1-3-13(12)14)16(22)18-7-9-23-10-8-18/h1-4,11,17H,5-10H2,(H,20,21). The molecule has 23 heavy (non-hydrogen) atoms. The molecule has 0 radical (unpaired) electrons. The summed E-state index contributed by atoms with van der Waals surface area (Å²) >= 11 is 0. The molecule has 1 aromatic carbocycles. The Morgan fingerprint density at radius 3 is 2.70 bits per heavy atom. The minimum absolute atomic E-state index is 0.0676. The first kappa shape index (κ1) is 15.4. The minimum Gasteiger partial charge on any atom is -0.465 e. The van der Waals surface area contributed by atoms with E-state index in [1.165, 1.54) is 0 Å². The van der Waals surface area contributed by atoms with Crippen LogP contribution in [-0.2, 0) is 11.2 Å². The number of aromatic nitrogens is 1. The summed E-state index contributed by atoms with van der Waals surface area (Å²) in [6.07, 6.45) is 1.31. The molecule has 0 bridgehead atoms. The molecule has 1 saturated heterocycles. The van der Waals surface area contributed by atoms with E-state index in [2.05, 4.69) is 5.32 Å². The summed E-state index contributed by atoms with van der Waals surface area (Å²) in [5, 5.41) is 12.0. The Kier molecular flexibility index (Phi) is 4.47. The van der Waals surface area contributed by atoms with Gasteiger partial charge < -0.3 is 20.1 Å². The largest absolute Gasteiger partial charge is 0.465 e. The molecule has 7 nitrogen and oxygen atoms in total. The van der Waals surface area contributed by atoms with Gasteiger partial charge in [0.15, 0.2) is 0 Å². The van der Waals surface area contributed by atoms with Gasteiger partial charge in [-0.15, -0.1) is 0 Å². The van der Waals surface area contributed by atoms with Crippen LogP contribution in [0.25, 0.3) is 10.9 Å². The van der Waals surface area contributed by atoms with Crippen molar-refractivity contribution >= 4 is 23.0 Å². The van der Waals surface area contributed by atoms with Crippen molar-refractivity contribution in [3.8, 4) is 0 Å². The fraction of sp³-hybridized carbons (Fsp3) is 0.375. The molecule has 3 rings (SSSR count). The normalized spacial score (nSPS) is 14.9. The van der Waals surface area contributed by atoms with Gasteiger partial charge in [-0.05, 0) is 18.1 Å². The zero-order chi connectivity index (χ0) is 16.2. The summed E-state index contributed by atoms with van der Waals surface area (Å²) in [5.41, 5.74) is 1.80. The summed E-state index contributed by atoms with van der Waals surface area (Å²) < 4.78 is 6.94. The average molecular weight is 317 g/mol. The molecule has 1 aliphatic rings. The molecule has 1 aliphatic heterocycles. The third-order valence-electron chi connectivity index (χ3n) is 3.95. The molecular weight excluding hydrogens is 298 g/mol. The molecule has 7 heteroatoms. The minimum atomic E-state index is -1.04. The Balaban J connectivity index is 1.87. The van der Waals surface area contributed by atoms with Crippen LogP contribution < -0.4 is 5.32 Å². The van der Waals surface area contributed by atoms with Gasteiger partial charge in [-0.3, -0.25) is 4.57 Å². The van der Waals surface area contributed by atoms with Crippen molar-refractivity contribution in [2.45, 2.75) is 6.42 Å². The number of hydrogen-bond acceptors (Lipinski definition) is 3. The van der Waals surface area contributed by atoms with Crippen LogP contribution in [-0.4, -0.2) is 59.5 Å². The number of morpholine rings is 1. The molecule has 122 valence electrons. The summed E-state index contributed by atoms with van der Waals surface area (Å²) in [6, 6.07) is 7.60. The van der Waals surface area contributed by atoms with Crippen molar-refractivity contribution in [2.24, 2.45) is 0 Å². The molecule has 2 heterocycles. The third kappa shape index (κ3) is 3.29. The smallest absolute Gasteiger partial charge is 0.404 e. The van der Waals surface area contributed by atoms with Gasteiger partial charge in [0.05, 0.1) is 18.7 Å². The first-order valence-electron chi connectivity index (χ1n) is 7.59. The number of carboxylic acid groups (broad SMARTS) is 1. The number of carbonyl (C=O) groups excluding carboxylic acids is 1. The molecule has 1 aromatic heterocycles. The highest BCUT2D eigenvalue weighted by atomic mass is 16.5. The number of para-hydroxylation sites is 1. The van der Waals surface area contributed by atoms with E-state index in [1.807, 2.05) is 30.5 Å². The van der Waals surface area contributed by atoms with Gasteiger partial charge in [-0.25, -0.2) is 9.59 Å². The number of fused-ring (bicyclic) bond motifs is 1. The molecule has 1 fully saturated rings. The fourth-order valence-corrected chi connectivity index (χ4v) is 2.82. The highest BCUT2D eigenvalue weighted by molar-refractivity contribution is 5.93. The van der Waals surface area contributed by atoms with Crippen LogP contribution in [0, 0.1) is 0 Å². The molecule has 0 atom stereocenters. The van der Waals surface area contributed by atoms with Crippen LogP contribution in [0.5, 0.6) is 0 Å². The average Bonchev–Trinajstić information content (AvgIpc) is 2.94. The number of rotatable bonds is 3. The Labute approximate surface area is 133 Å². The molecule has 0 saturated carbocycles. The monoisotopic (exact) mass is 317 g/mol. The molecule has 2 N–H and O–H groups in total. The maximum absolute atomic E-state index is 12.7. The van der Waals surface area contributed by atoms with Crippen LogP contribution >= 0.6 is 0 Å². The molecule has 2 amide bonds. The lowest BCUT2D eigenvalue weighted by Gasteiger charge is -2.27. The van der Waals surface area contributed by atoms with Gasteiger partial charge in [-0.1, -0.05) is 18.2 Å². The van der Waals surface area contributed by atoms with E-state index in [0.29, 0.717) is 39.3 Å². The van der Waals surface area contributed by atoms with E-state index in [4.69, 9.17) is 9.84 Å². The van der Waals surface area contributed by atoms with Gasteiger partial charge in [0.25, 0.3) is 0 Å².